The molecule has 0 aromatic heterocycles. The Hall–Kier alpha value is -0.500. The molecule has 2 N–H and O–H groups in total. The molecule has 1 atom stereocenters. The van der Waals surface area contributed by atoms with Gasteiger partial charge in [0.05, 0.1) is 6.04 Å². The van der Waals surface area contributed by atoms with E-state index in [1.165, 1.54) is 13.8 Å². The summed E-state index contributed by atoms with van der Waals surface area (Å²) in [5, 5.41) is 10.9. The zero-order chi connectivity index (χ0) is 13.4. The van der Waals surface area contributed by atoms with Crippen LogP contribution in [0.4, 0.5) is 26.3 Å². The van der Waals surface area contributed by atoms with Crippen molar-refractivity contribution in [3.8, 4) is 0 Å². The summed E-state index contributed by atoms with van der Waals surface area (Å²) < 4.78 is 73.7. The van der Waals surface area contributed by atoms with Crippen LogP contribution in [0.1, 0.15) is 20.8 Å². The second-order valence-corrected chi connectivity index (χ2v) is 3.80. The molecule has 0 aliphatic heterocycles. The first-order valence-electron chi connectivity index (χ1n) is 4.46. The first-order valence-corrected chi connectivity index (χ1v) is 4.46. The Balaban J connectivity index is 5.27. The van der Waals surface area contributed by atoms with E-state index in [0.29, 0.717) is 6.92 Å². The van der Waals surface area contributed by atoms with Gasteiger partial charge >= 0.3 is 12.4 Å². The smallest absolute Gasteiger partial charge is 0.372 e. The Morgan fingerprint density at radius 3 is 1.38 bits per heavy atom. The molecule has 98 valence electrons. The highest BCUT2D eigenvalue weighted by Crippen LogP contribution is 2.45. The molecule has 2 nitrogen and oxygen atoms in total. The maximum absolute atomic E-state index is 12.3. The van der Waals surface area contributed by atoms with Crippen molar-refractivity contribution in [2.45, 2.75) is 50.8 Å². The Morgan fingerprint density at radius 1 is 0.875 bits per heavy atom. The molecule has 0 spiro atoms. The van der Waals surface area contributed by atoms with Crippen LogP contribution in [0.15, 0.2) is 0 Å². The van der Waals surface area contributed by atoms with Crippen molar-refractivity contribution in [1.82, 2.24) is 5.32 Å². The van der Waals surface area contributed by atoms with Gasteiger partial charge in [-0.3, -0.25) is 0 Å². The third-order valence-electron chi connectivity index (χ3n) is 2.07. The summed E-state index contributed by atoms with van der Waals surface area (Å²) in [4.78, 5) is 0. The molecule has 0 saturated heterocycles. The highest BCUT2D eigenvalue weighted by atomic mass is 19.4. The molecule has 0 aliphatic rings. The average molecular weight is 253 g/mol. The monoisotopic (exact) mass is 253 g/mol. The van der Waals surface area contributed by atoms with Crippen molar-refractivity contribution in [2.24, 2.45) is 0 Å². The van der Waals surface area contributed by atoms with Crippen LogP contribution >= 0.6 is 0 Å². The average Bonchev–Trinajstić information content (AvgIpc) is 1.96. The van der Waals surface area contributed by atoms with Gasteiger partial charge in [-0.2, -0.15) is 26.3 Å². The van der Waals surface area contributed by atoms with E-state index in [4.69, 9.17) is 5.11 Å². The summed E-state index contributed by atoms with van der Waals surface area (Å²) in [5.74, 6) is 0. The standard InChI is InChI=1S/C8H13F6NO/c1-4(2)15-5(3)6(16,7(9,10)11)8(12,13)14/h4-5,15-16H,1-3H3/t5-/m0/s1. The van der Waals surface area contributed by atoms with Crippen molar-refractivity contribution < 1.29 is 31.4 Å². The van der Waals surface area contributed by atoms with Crippen molar-refractivity contribution in [2.75, 3.05) is 0 Å². The SMILES string of the molecule is CC(C)N[C@@H](C)C(O)(C(F)(F)F)C(F)(F)F. The van der Waals surface area contributed by atoms with Crippen LogP contribution in [-0.4, -0.2) is 35.1 Å². The van der Waals surface area contributed by atoms with Gasteiger partial charge in [0.2, 0.25) is 0 Å². The number of halogens is 6. The third-order valence-corrected chi connectivity index (χ3v) is 2.07. The number of aliphatic hydroxyl groups is 1. The van der Waals surface area contributed by atoms with Crippen LogP contribution in [0.2, 0.25) is 0 Å². The third kappa shape index (κ3) is 2.79. The van der Waals surface area contributed by atoms with Gasteiger partial charge in [-0.05, 0) is 6.92 Å². The first-order chi connectivity index (χ1) is 6.84. The van der Waals surface area contributed by atoms with E-state index in [9.17, 15) is 26.3 Å². The lowest BCUT2D eigenvalue weighted by molar-refractivity contribution is -0.375. The second kappa shape index (κ2) is 4.40. The molecule has 0 aromatic carbocycles. The minimum absolute atomic E-state index is 0.619. The van der Waals surface area contributed by atoms with E-state index in [2.05, 4.69) is 0 Å². The highest BCUT2D eigenvalue weighted by molar-refractivity contribution is 5.01. The lowest BCUT2D eigenvalue weighted by atomic mass is 9.93. The highest BCUT2D eigenvalue weighted by Gasteiger charge is 2.72. The number of rotatable bonds is 3. The fourth-order valence-corrected chi connectivity index (χ4v) is 1.27. The van der Waals surface area contributed by atoms with Gasteiger partial charge in [0.1, 0.15) is 0 Å². The van der Waals surface area contributed by atoms with Crippen LogP contribution in [0.5, 0.6) is 0 Å². The molecular formula is C8H13F6NO. The van der Waals surface area contributed by atoms with Gasteiger partial charge in [-0.15, -0.1) is 0 Å². The number of alkyl halides is 6. The molecule has 0 amide bonds. The number of nitrogens with one attached hydrogen (secondary N) is 1. The minimum Gasteiger partial charge on any atom is -0.372 e. The van der Waals surface area contributed by atoms with Crippen LogP contribution < -0.4 is 5.32 Å². The van der Waals surface area contributed by atoms with Gasteiger partial charge in [0, 0.05) is 6.04 Å². The lowest BCUT2D eigenvalue weighted by Gasteiger charge is -2.38. The second-order valence-electron chi connectivity index (χ2n) is 3.80. The fourth-order valence-electron chi connectivity index (χ4n) is 1.27. The van der Waals surface area contributed by atoms with E-state index in [1.54, 1.807) is 0 Å². The van der Waals surface area contributed by atoms with Crippen molar-refractivity contribution in [3.63, 3.8) is 0 Å². The molecule has 0 heterocycles. The molecule has 0 aliphatic carbocycles. The van der Waals surface area contributed by atoms with E-state index >= 15 is 0 Å². The molecule has 0 fully saturated rings. The van der Waals surface area contributed by atoms with Gasteiger partial charge in [-0.1, -0.05) is 13.8 Å². The predicted molar refractivity (Wildman–Crippen MR) is 44.8 cm³/mol. The van der Waals surface area contributed by atoms with Crippen molar-refractivity contribution >= 4 is 0 Å². The summed E-state index contributed by atoms with van der Waals surface area (Å²) in [6, 6.07) is -2.81. The molecule has 0 bridgehead atoms. The maximum Gasteiger partial charge on any atom is 0.427 e. The Kier molecular flexibility index (Phi) is 4.26. The van der Waals surface area contributed by atoms with E-state index in [1.807, 2.05) is 5.32 Å². The largest absolute Gasteiger partial charge is 0.427 e. The van der Waals surface area contributed by atoms with Crippen molar-refractivity contribution in [3.05, 3.63) is 0 Å². The summed E-state index contributed by atoms with van der Waals surface area (Å²) in [6.45, 7) is 3.40. The quantitative estimate of drug-likeness (QED) is 0.756. The maximum atomic E-state index is 12.3. The molecule has 0 radical (unpaired) electrons. The molecule has 0 unspecified atom stereocenters. The summed E-state index contributed by atoms with van der Waals surface area (Å²) in [6.07, 6.45) is -11.6. The van der Waals surface area contributed by atoms with Gasteiger partial charge in [0.15, 0.2) is 0 Å². The lowest BCUT2D eigenvalue weighted by Crippen LogP contribution is -2.67. The molecule has 0 aromatic rings. The Bertz CT molecular complexity index is 220. The van der Waals surface area contributed by atoms with E-state index < -0.39 is 30.0 Å². The number of hydrogen-bond acceptors (Lipinski definition) is 2. The van der Waals surface area contributed by atoms with E-state index in [0.717, 1.165) is 0 Å². The van der Waals surface area contributed by atoms with E-state index in [-0.39, 0.29) is 0 Å². The summed E-state index contributed by atoms with van der Waals surface area (Å²) >= 11 is 0. The molecule has 0 rings (SSSR count). The van der Waals surface area contributed by atoms with Crippen molar-refractivity contribution in [1.29, 1.82) is 0 Å². The molecule has 8 heteroatoms. The minimum atomic E-state index is -5.79. The fraction of sp³-hybridized carbons (Fsp3) is 1.00. The van der Waals surface area contributed by atoms with Crippen LogP contribution in [-0.2, 0) is 0 Å². The zero-order valence-corrected chi connectivity index (χ0v) is 8.87. The summed E-state index contributed by atoms with van der Waals surface area (Å²) in [7, 11) is 0. The molecule has 16 heavy (non-hydrogen) atoms. The van der Waals surface area contributed by atoms with Crippen LogP contribution in [0, 0.1) is 0 Å². The topological polar surface area (TPSA) is 32.3 Å². The van der Waals surface area contributed by atoms with Crippen LogP contribution in [0.3, 0.4) is 0 Å². The Morgan fingerprint density at radius 2 is 1.19 bits per heavy atom. The first kappa shape index (κ1) is 15.5. The van der Waals surface area contributed by atoms with Crippen LogP contribution in [0.25, 0.3) is 0 Å². The molecular weight excluding hydrogens is 240 g/mol. The Labute approximate surface area is 88.6 Å². The van der Waals surface area contributed by atoms with Gasteiger partial charge < -0.3 is 10.4 Å². The number of hydrogen-bond donors (Lipinski definition) is 2. The normalized spacial score (nSPS) is 16.7. The van der Waals surface area contributed by atoms with Gasteiger partial charge in [0.25, 0.3) is 5.60 Å². The zero-order valence-electron chi connectivity index (χ0n) is 8.87. The van der Waals surface area contributed by atoms with Gasteiger partial charge in [-0.25, -0.2) is 0 Å². The molecule has 0 saturated carbocycles. The predicted octanol–water partition coefficient (Wildman–Crippen LogP) is 2.23. The summed E-state index contributed by atoms with van der Waals surface area (Å²) in [5.41, 5.74) is -4.75.